The number of carbonyl (C=O) groups excluding carboxylic acids is 3. The number of nitrogens with one attached hydrogen (secondary N) is 3. The van der Waals surface area contributed by atoms with Crippen molar-refractivity contribution in [3.8, 4) is 0 Å². The van der Waals surface area contributed by atoms with E-state index >= 15 is 0 Å². The van der Waals surface area contributed by atoms with Gasteiger partial charge in [0.1, 0.15) is 18.1 Å². The number of nitrogens with zero attached hydrogens (tertiary/aromatic N) is 1. The Bertz CT molecular complexity index is 742. The molecule has 0 aliphatic rings. The first-order valence-electron chi connectivity index (χ1n) is 12.5. The summed E-state index contributed by atoms with van der Waals surface area (Å²) in [7, 11) is 0. The highest BCUT2D eigenvalue weighted by atomic mass is 16.4. The molecule has 208 valence electrons. The quantitative estimate of drug-likeness (QED) is 0.0617. The number of guanidine groups is 1. The third-order valence-corrected chi connectivity index (χ3v) is 5.95. The van der Waals surface area contributed by atoms with Crippen molar-refractivity contribution in [3.63, 3.8) is 0 Å². The lowest BCUT2D eigenvalue weighted by Crippen LogP contribution is -2.58. The number of rotatable bonds is 18. The summed E-state index contributed by atoms with van der Waals surface area (Å²) >= 11 is 0. The van der Waals surface area contributed by atoms with Gasteiger partial charge in [-0.25, -0.2) is 4.79 Å². The van der Waals surface area contributed by atoms with Gasteiger partial charge in [-0.2, -0.15) is 0 Å². The Morgan fingerprint density at radius 3 is 1.94 bits per heavy atom. The fourth-order valence-electron chi connectivity index (χ4n) is 3.35. The van der Waals surface area contributed by atoms with Crippen molar-refractivity contribution in [3.05, 3.63) is 0 Å². The molecule has 0 radical (unpaired) electrons. The summed E-state index contributed by atoms with van der Waals surface area (Å²) in [5, 5.41) is 17.3. The van der Waals surface area contributed by atoms with Crippen molar-refractivity contribution in [1.29, 1.82) is 0 Å². The Balaban J connectivity index is 5.42. The average Bonchev–Trinajstić information content (AvgIpc) is 2.81. The highest BCUT2D eigenvalue weighted by Gasteiger charge is 2.32. The standard InChI is InChI=1S/C23H46N8O5/c1-5-14(4)17(25)20(33)29-15(9-6-7-11-24)19(32)31-18(13(2)3)21(34)30-16(22(35)36)10-8-12-28-23(26)27/h13-18H,5-12,24-25H2,1-4H3,(H,29,33)(H,30,34)(H,31,32)(H,35,36)(H4,26,27,28). The molecule has 0 heterocycles. The molecule has 13 nitrogen and oxygen atoms in total. The van der Waals surface area contributed by atoms with Crippen LogP contribution in [0.4, 0.5) is 0 Å². The number of carbonyl (C=O) groups is 4. The summed E-state index contributed by atoms with van der Waals surface area (Å²) in [5.41, 5.74) is 22.1. The molecule has 0 aliphatic heterocycles. The van der Waals surface area contributed by atoms with Gasteiger partial charge < -0.3 is 44.0 Å². The topological polar surface area (TPSA) is 241 Å². The van der Waals surface area contributed by atoms with E-state index in [4.69, 9.17) is 22.9 Å². The van der Waals surface area contributed by atoms with E-state index in [-0.39, 0.29) is 30.8 Å². The number of unbranched alkanes of at least 4 members (excludes halogenated alkanes) is 1. The summed E-state index contributed by atoms with van der Waals surface area (Å²) in [6, 6.07) is -3.89. The second-order valence-corrected chi connectivity index (χ2v) is 9.34. The molecule has 36 heavy (non-hydrogen) atoms. The molecule has 0 bridgehead atoms. The van der Waals surface area contributed by atoms with E-state index in [1.807, 2.05) is 13.8 Å². The predicted molar refractivity (Wildman–Crippen MR) is 139 cm³/mol. The van der Waals surface area contributed by atoms with Crippen LogP contribution in [0, 0.1) is 11.8 Å². The molecule has 0 fully saturated rings. The van der Waals surface area contributed by atoms with Crippen molar-refractivity contribution in [2.75, 3.05) is 13.1 Å². The molecule has 0 aromatic rings. The fourth-order valence-corrected chi connectivity index (χ4v) is 3.35. The molecule has 5 atom stereocenters. The number of hydrogen-bond donors (Lipinski definition) is 8. The van der Waals surface area contributed by atoms with Gasteiger partial charge in [-0.3, -0.25) is 19.4 Å². The Labute approximate surface area is 213 Å². The molecule has 0 aromatic heterocycles. The van der Waals surface area contributed by atoms with Crippen LogP contribution in [0.1, 0.15) is 66.2 Å². The number of nitrogens with two attached hydrogens (primary N) is 4. The van der Waals surface area contributed by atoms with Gasteiger partial charge in [0.2, 0.25) is 17.7 Å². The van der Waals surface area contributed by atoms with Crippen LogP contribution in [0.2, 0.25) is 0 Å². The van der Waals surface area contributed by atoms with E-state index < -0.39 is 47.9 Å². The molecule has 5 unspecified atom stereocenters. The van der Waals surface area contributed by atoms with Gasteiger partial charge in [0.15, 0.2) is 5.96 Å². The van der Waals surface area contributed by atoms with E-state index in [0.29, 0.717) is 38.6 Å². The van der Waals surface area contributed by atoms with Gasteiger partial charge in [-0.15, -0.1) is 0 Å². The first-order chi connectivity index (χ1) is 16.8. The Kier molecular flexibility index (Phi) is 16.1. The summed E-state index contributed by atoms with van der Waals surface area (Å²) in [4.78, 5) is 54.1. The molecule has 0 saturated heterocycles. The number of aliphatic carboxylic acids is 1. The van der Waals surface area contributed by atoms with Gasteiger partial charge in [0.25, 0.3) is 0 Å². The first-order valence-corrected chi connectivity index (χ1v) is 12.5. The van der Waals surface area contributed by atoms with Gasteiger partial charge in [-0.1, -0.05) is 34.1 Å². The van der Waals surface area contributed by atoms with E-state index in [9.17, 15) is 24.3 Å². The zero-order chi connectivity index (χ0) is 27.8. The lowest BCUT2D eigenvalue weighted by atomic mass is 9.98. The van der Waals surface area contributed by atoms with Gasteiger partial charge in [0.05, 0.1) is 6.04 Å². The third-order valence-electron chi connectivity index (χ3n) is 5.95. The van der Waals surface area contributed by atoms with E-state index in [1.54, 1.807) is 13.8 Å². The Morgan fingerprint density at radius 1 is 0.861 bits per heavy atom. The van der Waals surface area contributed by atoms with Crippen molar-refractivity contribution >= 4 is 29.7 Å². The zero-order valence-corrected chi connectivity index (χ0v) is 22.0. The summed E-state index contributed by atoms with van der Waals surface area (Å²) < 4.78 is 0. The number of carboxylic acids is 1. The smallest absolute Gasteiger partial charge is 0.326 e. The molecular formula is C23H46N8O5. The van der Waals surface area contributed by atoms with Gasteiger partial charge in [0, 0.05) is 6.54 Å². The number of aliphatic imine (C=N–C) groups is 1. The molecule has 0 aromatic carbocycles. The van der Waals surface area contributed by atoms with Crippen LogP contribution in [0.15, 0.2) is 4.99 Å². The zero-order valence-electron chi connectivity index (χ0n) is 22.0. The summed E-state index contributed by atoms with van der Waals surface area (Å²) in [5.74, 6) is -3.39. The maximum atomic E-state index is 13.1. The summed E-state index contributed by atoms with van der Waals surface area (Å²) in [6.45, 7) is 7.87. The normalized spacial score (nSPS) is 15.2. The number of hydrogen-bond acceptors (Lipinski definition) is 7. The van der Waals surface area contributed by atoms with Crippen LogP contribution >= 0.6 is 0 Å². The maximum absolute atomic E-state index is 13.1. The second-order valence-electron chi connectivity index (χ2n) is 9.34. The van der Waals surface area contributed by atoms with Crippen LogP contribution in [-0.2, 0) is 19.2 Å². The van der Waals surface area contributed by atoms with Crippen LogP contribution in [0.3, 0.4) is 0 Å². The number of carboxylic acid groups (broad SMARTS) is 1. The van der Waals surface area contributed by atoms with Crippen LogP contribution in [-0.4, -0.2) is 72.0 Å². The second kappa shape index (κ2) is 17.5. The number of amides is 3. The van der Waals surface area contributed by atoms with Crippen LogP contribution in [0.25, 0.3) is 0 Å². The molecule has 3 amide bonds. The van der Waals surface area contributed by atoms with Crippen LogP contribution in [0.5, 0.6) is 0 Å². The Morgan fingerprint density at radius 2 is 1.44 bits per heavy atom. The molecule has 13 heteroatoms. The first kappa shape index (κ1) is 33.1. The molecule has 0 rings (SSSR count). The molecule has 0 spiro atoms. The van der Waals surface area contributed by atoms with Gasteiger partial charge >= 0.3 is 5.97 Å². The summed E-state index contributed by atoms with van der Waals surface area (Å²) in [6.07, 6.45) is 2.69. The maximum Gasteiger partial charge on any atom is 0.326 e. The monoisotopic (exact) mass is 514 g/mol. The fraction of sp³-hybridized carbons (Fsp3) is 0.783. The minimum atomic E-state index is -1.21. The lowest BCUT2D eigenvalue weighted by Gasteiger charge is -2.27. The van der Waals surface area contributed by atoms with E-state index in [0.717, 1.165) is 0 Å². The largest absolute Gasteiger partial charge is 0.480 e. The SMILES string of the molecule is CCC(C)C(N)C(=O)NC(CCCCN)C(=O)NC(C(=O)NC(CCCN=C(N)N)C(=O)O)C(C)C. The minimum absolute atomic E-state index is 0.0770. The molecule has 0 aliphatic carbocycles. The average molecular weight is 515 g/mol. The van der Waals surface area contributed by atoms with Gasteiger partial charge in [-0.05, 0) is 50.5 Å². The van der Waals surface area contributed by atoms with E-state index in [2.05, 4.69) is 20.9 Å². The lowest BCUT2D eigenvalue weighted by molar-refractivity contribution is -0.142. The highest BCUT2D eigenvalue weighted by Crippen LogP contribution is 2.10. The van der Waals surface area contributed by atoms with Crippen molar-refractivity contribution < 1.29 is 24.3 Å². The molecular weight excluding hydrogens is 468 g/mol. The minimum Gasteiger partial charge on any atom is -0.480 e. The van der Waals surface area contributed by atoms with Crippen molar-refractivity contribution in [1.82, 2.24) is 16.0 Å². The van der Waals surface area contributed by atoms with Crippen LogP contribution < -0.4 is 38.9 Å². The predicted octanol–water partition coefficient (Wildman–Crippen LogP) is -1.26. The molecule has 0 saturated carbocycles. The third kappa shape index (κ3) is 12.7. The van der Waals surface area contributed by atoms with Crippen molar-refractivity contribution in [2.45, 2.75) is 90.4 Å². The van der Waals surface area contributed by atoms with E-state index in [1.165, 1.54) is 0 Å². The van der Waals surface area contributed by atoms with Crippen molar-refractivity contribution in [2.24, 2.45) is 39.8 Å². The molecule has 12 N–H and O–H groups in total. The Hall–Kier alpha value is -2.93. The highest BCUT2D eigenvalue weighted by molar-refractivity contribution is 5.94.